The number of nitrogens with zero attached hydrogens (tertiary/aromatic N) is 1. The lowest BCUT2D eigenvalue weighted by atomic mass is 10.1. The van der Waals surface area contributed by atoms with Gasteiger partial charge in [0, 0.05) is 19.1 Å². The number of aliphatic carboxylic acids is 1. The highest BCUT2D eigenvalue weighted by atomic mass is 16.4. The molecule has 1 fully saturated rings. The molecule has 0 bridgehead atoms. The molecule has 0 spiro atoms. The van der Waals surface area contributed by atoms with E-state index in [0.717, 1.165) is 12.8 Å². The number of carboxylic acid groups (broad SMARTS) is 1. The quantitative estimate of drug-likeness (QED) is 0.502. The summed E-state index contributed by atoms with van der Waals surface area (Å²) in [6.07, 6.45) is 3.42. The van der Waals surface area contributed by atoms with Crippen LogP contribution in [0.25, 0.3) is 0 Å². The van der Waals surface area contributed by atoms with Crippen molar-refractivity contribution in [3.8, 4) is 0 Å². The second-order valence-corrected chi connectivity index (χ2v) is 3.90. The highest BCUT2D eigenvalue weighted by Gasteiger charge is 2.29. The van der Waals surface area contributed by atoms with Crippen molar-refractivity contribution in [2.24, 2.45) is 0 Å². The summed E-state index contributed by atoms with van der Waals surface area (Å²) in [5.74, 6) is -0.866. The maximum Gasteiger partial charge on any atom is 0.305 e. The molecule has 1 saturated heterocycles. The van der Waals surface area contributed by atoms with Crippen LogP contribution in [-0.4, -0.2) is 47.6 Å². The Kier molecular flexibility index (Phi) is 4.98. The van der Waals surface area contributed by atoms with Crippen molar-refractivity contribution in [3.63, 3.8) is 0 Å². The number of hydrogen-bond acceptors (Lipinski definition) is 3. The zero-order chi connectivity index (χ0) is 12.0. The molecule has 1 heterocycles. The van der Waals surface area contributed by atoms with Crippen molar-refractivity contribution in [1.29, 1.82) is 0 Å². The first-order valence-corrected chi connectivity index (χ1v) is 5.48. The molecule has 0 aromatic rings. The van der Waals surface area contributed by atoms with Crippen LogP contribution in [0.5, 0.6) is 0 Å². The van der Waals surface area contributed by atoms with E-state index in [1.165, 1.54) is 0 Å². The van der Waals surface area contributed by atoms with Crippen LogP contribution < -0.4 is 5.32 Å². The number of hydrogen-bond donors (Lipinski definition) is 2. The molecule has 0 aromatic carbocycles. The van der Waals surface area contributed by atoms with Crippen LogP contribution in [0.4, 0.5) is 0 Å². The molecule has 16 heavy (non-hydrogen) atoms. The lowest BCUT2D eigenvalue weighted by Crippen LogP contribution is -2.41. The van der Waals surface area contributed by atoms with Crippen LogP contribution in [0.1, 0.15) is 19.3 Å². The molecule has 0 saturated carbocycles. The third-order valence-electron chi connectivity index (χ3n) is 2.67. The fraction of sp³-hybridized carbons (Fsp3) is 0.636. The predicted molar refractivity (Wildman–Crippen MR) is 60.1 cm³/mol. The minimum atomic E-state index is -0.844. The van der Waals surface area contributed by atoms with E-state index in [0.29, 0.717) is 13.1 Å². The molecule has 5 heteroatoms. The first-order valence-electron chi connectivity index (χ1n) is 5.48. The molecular weight excluding hydrogens is 208 g/mol. The fourth-order valence-corrected chi connectivity index (χ4v) is 1.96. The van der Waals surface area contributed by atoms with Gasteiger partial charge in [-0.2, -0.15) is 0 Å². The van der Waals surface area contributed by atoms with Gasteiger partial charge in [-0.25, -0.2) is 0 Å². The Hall–Kier alpha value is -1.36. The minimum absolute atomic E-state index is 0.0226. The summed E-state index contributed by atoms with van der Waals surface area (Å²) in [5.41, 5.74) is 0. The van der Waals surface area contributed by atoms with Gasteiger partial charge >= 0.3 is 5.97 Å². The Balaban J connectivity index is 2.40. The molecule has 0 aromatic heterocycles. The van der Waals surface area contributed by atoms with E-state index in [9.17, 15) is 9.59 Å². The molecular formula is C11H18N2O3. The third-order valence-corrected chi connectivity index (χ3v) is 2.67. The second-order valence-electron chi connectivity index (χ2n) is 3.90. The minimum Gasteiger partial charge on any atom is -0.481 e. The number of likely N-dealkylation sites (tertiary alicyclic amines) is 1. The summed E-state index contributed by atoms with van der Waals surface area (Å²) in [5, 5.41) is 11.6. The van der Waals surface area contributed by atoms with Gasteiger partial charge in [-0.1, -0.05) is 6.08 Å². The molecule has 1 aliphatic rings. The van der Waals surface area contributed by atoms with Crippen LogP contribution in [0.3, 0.4) is 0 Å². The van der Waals surface area contributed by atoms with E-state index in [-0.39, 0.29) is 24.9 Å². The van der Waals surface area contributed by atoms with E-state index in [1.54, 1.807) is 11.0 Å². The smallest absolute Gasteiger partial charge is 0.305 e. The van der Waals surface area contributed by atoms with E-state index in [4.69, 9.17) is 5.11 Å². The maximum atomic E-state index is 11.7. The molecule has 0 aliphatic carbocycles. The Morgan fingerprint density at radius 1 is 1.56 bits per heavy atom. The lowest BCUT2D eigenvalue weighted by molar-refractivity contribution is -0.139. The molecule has 0 radical (unpaired) electrons. The molecule has 1 aliphatic heterocycles. The van der Waals surface area contributed by atoms with E-state index >= 15 is 0 Å². The summed E-state index contributed by atoms with van der Waals surface area (Å²) in [6.45, 7) is 5.06. The fourth-order valence-electron chi connectivity index (χ4n) is 1.96. The lowest BCUT2D eigenvalue weighted by Gasteiger charge is -2.23. The van der Waals surface area contributed by atoms with Crippen LogP contribution >= 0.6 is 0 Å². The monoisotopic (exact) mass is 226 g/mol. The van der Waals surface area contributed by atoms with Gasteiger partial charge in [0.25, 0.3) is 0 Å². The number of carboxylic acids is 1. The zero-order valence-electron chi connectivity index (χ0n) is 9.32. The van der Waals surface area contributed by atoms with Gasteiger partial charge in [0.15, 0.2) is 0 Å². The van der Waals surface area contributed by atoms with Gasteiger partial charge in [-0.15, -0.1) is 6.58 Å². The van der Waals surface area contributed by atoms with Gasteiger partial charge in [-0.05, 0) is 12.8 Å². The highest BCUT2D eigenvalue weighted by molar-refractivity contribution is 5.79. The highest BCUT2D eigenvalue weighted by Crippen LogP contribution is 2.19. The zero-order valence-corrected chi connectivity index (χ0v) is 9.32. The van der Waals surface area contributed by atoms with Crippen molar-refractivity contribution in [1.82, 2.24) is 10.2 Å². The standard InChI is InChI=1S/C11H18N2O3/c1-2-5-12-8-10(14)13-6-3-4-9(13)7-11(15)16/h2,9,12H,1,3-8H2,(H,15,16). The summed E-state index contributed by atoms with van der Waals surface area (Å²) in [4.78, 5) is 24.0. The van der Waals surface area contributed by atoms with Crippen molar-refractivity contribution < 1.29 is 14.7 Å². The average Bonchev–Trinajstić information content (AvgIpc) is 2.65. The number of rotatable bonds is 6. The van der Waals surface area contributed by atoms with Crippen LogP contribution in [0.2, 0.25) is 0 Å². The summed E-state index contributed by atoms with van der Waals surface area (Å²) in [6, 6.07) is -0.129. The Morgan fingerprint density at radius 3 is 2.94 bits per heavy atom. The van der Waals surface area contributed by atoms with Gasteiger partial charge in [0.1, 0.15) is 0 Å². The first kappa shape index (κ1) is 12.7. The molecule has 1 amide bonds. The Labute approximate surface area is 95.1 Å². The molecule has 2 N–H and O–H groups in total. The van der Waals surface area contributed by atoms with Crippen LogP contribution in [0.15, 0.2) is 12.7 Å². The van der Waals surface area contributed by atoms with Gasteiger partial charge in [0.05, 0.1) is 13.0 Å². The SMILES string of the molecule is C=CCNCC(=O)N1CCCC1CC(=O)O. The summed E-state index contributed by atoms with van der Waals surface area (Å²) >= 11 is 0. The second kappa shape index (κ2) is 6.27. The molecule has 1 unspecified atom stereocenters. The number of amides is 1. The number of carbonyl (C=O) groups is 2. The van der Waals surface area contributed by atoms with E-state index in [2.05, 4.69) is 11.9 Å². The van der Waals surface area contributed by atoms with Crippen LogP contribution in [0, 0.1) is 0 Å². The van der Waals surface area contributed by atoms with E-state index in [1.807, 2.05) is 0 Å². The van der Waals surface area contributed by atoms with Crippen molar-refractivity contribution in [3.05, 3.63) is 12.7 Å². The largest absolute Gasteiger partial charge is 0.481 e. The van der Waals surface area contributed by atoms with Crippen molar-refractivity contribution in [2.75, 3.05) is 19.6 Å². The molecule has 1 rings (SSSR count). The average molecular weight is 226 g/mol. The van der Waals surface area contributed by atoms with Crippen molar-refractivity contribution in [2.45, 2.75) is 25.3 Å². The summed E-state index contributed by atoms with van der Waals surface area (Å²) < 4.78 is 0. The topological polar surface area (TPSA) is 69.6 Å². The number of carbonyl (C=O) groups excluding carboxylic acids is 1. The van der Waals surface area contributed by atoms with Gasteiger partial charge in [0.2, 0.25) is 5.91 Å². The van der Waals surface area contributed by atoms with Crippen molar-refractivity contribution >= 4 is 11.9 Å². The molecule has 1 atom stereocenters. The summed E-state index contributed by atoms with van der Waals surface area (Å²) in [7, 11) is 0. The van der Waals surface area contributed by atoms with Crippen LogP contribution in [-0.2, 0) is 9.59 Å². The number of nitrogens with one attached hydrogen (secondary N) is 1. The molecule has 5 nitrogen and oxygen atoms in total. The first-order chi connectivity index (χ1) is 7.65. The molecule has 90 valence electrons. The maximum absolute atomic E-state index is 11.7. The Bertz CT molecular complexity index is 278. The predicted octanol–water partition coefficient (Wildman–Crippen LogP) is 0.228. The van der Waals surface area contributed by atoms with Gasteiger partial charge in [-0.3, -0.25) is 9.59 Å². The van der Waals surface area contributed by atoms with E-state index < -0.39 is 5.97 Å². The third kappa shape index (κ3) is 3.66. The Morgan fingerprint density at radius 2 is 2.31 bits per heavy atom. The normalized spacial score (nSPS) is 19.8. The van der Waals surface area contributed by atoms with Gasteiger partial charge < -0.3 is 15.3 Å².